The summed E-state index contributed by atoms with van der Waals surface area (Å²) in [6, 6.07) is 6.88. The molecule has 1 aliphatic rings. The van der Waals surface area contributed by atoms with Crippen LogP contribution in [0.15, 0.2) is 42.7 Å². The molecule has 3 heterocycles. The van der Waals surface area contributed by atoms with Gasteiger partial charge in [0.1, 0.15) is 17.5 Å². The van der Waals surface area contributed by atoms with Crippen LogP contribution >= 0.6 is 23.2 Å². The van der Waals surface area contributed by atoms with Gasteiger partial charge in [0, 0.05) is 54.1 Å². The number of nitrogen functional groups attached to an aromatic ring is 1. The second-order valence-corrected chi connectivity index (χ2v) is 12.0. The number of carbonyl (C=O) groups is 2. The molecule has 2 atom stereocenters. The number of hydrogen-bond donors (Lipinski definition) is 4. The highest BCUT2D eigenvalue weighted by Gasteiger charge is 2.41. The predicted molar refractivity (Wildman–Crippen MR) is 164 cm³/mol. The zero-order valence-electron chi connectivity index (χ0n) is 23.8. The maximum Gasteiger partial charge on any atom is 0.411 e. The van der Waals surface area contributed by atoms with Crippen molar-refractivity contribution in [2.45, 2.75) is 57.9 Å². The fourth-order valence-corrected chi connectivity index (χ4v) is 5.17. The molecule has 230 valence electrons. The van der Waals surface area contributed by atoms with E-state index < -0.39 is 34.7 Å². The third-order valence-corrected chi connectivity index (χ3v) is 7.11. The Morgan fingerprint density at radius 3 is 2.60 bits per heavy atom. The highest BCUT2D eigenvalue weighted by molar-refractivity contribution is 6.36. The number of rotatable bonds is 9. The van der Waals surface area contributed by atoms with Crippen LogP contribution in [0.2, 0.25) is 10.0 Å². The normalized spacial score (nSPS) is 16.7. The minimum Gasteiger partial charge on any atom is -0.444 e. The number of nitro groups is 1. The minimum absolute atomic E-state index is 0.0217. The molecule has 0 spiro atoms. The molecule has 0 aliphatic carbocycles. The van der Waals surface area contributed by atoms with Crippen LogP contribution < -0.4 is 16.4 Å². The van der Waals surface area contributed by atoms with E-state index in [1.165, 1.54) is 17.0 Å². The van der Waals surface area contributed by atoms with E-state index in [4.69, 9.17) is 33.7 Å². The molecule has 5 N–H and O–H groups in total. The number of nitrogens with two attached hydrogens (primary N) is 1. The number of β-amino-alcohol motifs (C(OH)–C–C–N with tert-alkyl or cyclic N) is 1. The van der Waals surface area contributed by atoms with E-state index in [1.807, 2.05) is 10.8 Å². The first-order valence-corrected chi connectivity index (χ1v) is 14.3. The number of likely N-dealkylation sites (tertiary alicyclic amines) is 1. The van der Waals surface area contributed by atoms with Crippen LogP contribution in [0.4, 0.5) is 27.8 Å². The molecule has 43 heavy (non-hydrogen) atoms. The number of benzene rings is 1. The summed E-state index contributed by atoms with van der Waals surface area (Å²) in [6.07, 6.45) is 2.72. The zero-order valence-corrected chi connectivity index (χ0v) is 25.4. The average molecular weight is 635 g/mol. The number of carbonyl (C=O) groups excluding carboxylic acids is 2. The van der Waals surface area contributed by atoms with Crippen molar-refractivity contribution < 1.29 is 24.4 Å². The van der Waals surface area contributed by atoms with Gasteiger partial charge in [0.15, 0.2) is 0 Å². The molecule has 0 saturated carbocycles. The summed E-state index contributed by atoms with van der Waals surface area (Å²) in [5.74, 6) is -0.245. The first kappa shape index (κ1) is 31.9. The van der Waals surface area contributed by atoms with Gasteiger partial charge in [-0.2, -0.15) is 0 Å². The van der Waals surface area contributed by atoms with Crippen LogP contribution in [0.3, 0.4) is 0 Å². The van der Waals surface area contributed by atoms with Gasteiger partial charge in [-0.1, -0.05) is 29.3 Å². The summed E-state index contributed by atoms with van der Waals surface area (Å²) in [4.78, 5) is 41.9. The molecule has 2 unspecified atom stereocenters. The Labute approximate surface area is 258 Å². The van der Waals surface area contributed by atoms with Crippen LogP contribution in [0.1, 0.15) is 33.6 Å². The summed E-state index contributed by atoms with van der Waals surface area (Å²) in [7, 11) is 0. The molecule has 3 aromatic rings. The van der Waals surface area contributed by atoms with E-state index in [9.17, 15) is 24.8 Å². The number of ether oxygens (including phenoxy) is 1. The molecule has 1 saturated heterocycles. The number of halogens is 2. The maximum absolute atomic E-state index is 13.5. The lowest BCUT2D eigenvalue weighted by molar-refractivity contribution is -0.384. The van der Waals surface area contributed by atoms with Crippen molar-refractivity contribution in [2.75, 3.05) is 29.5 Å². The van der Waals surface area contributed by atoms with E-state index in [0.717, 1.165) is 0 Å². The van der Waals surface area contributed by atoms with E-state index in [2.05, 4.69) is 15.6 Å². The van der Waals surface area contributed by atoms with Crippen molar-refractivity contribution in [3.8, 4) is 11.1 Å². The number of aliphatic hydroxyl groups is 1. The molecule has 15 heteroatoms. The van der Waals surface area contributed by atoms with Gasteiger partial charge in [-0.15, -0.1) is 0 Å². The quantitative estimate of drug-likeness (QED) is 0.141. The van der Waals surface area contributed by atoms with Crippen molar-refractivity contribution in [3.05, 3.63) is 62.9 Å². The lowest BCUT2D eigenvalue weighted by Gasteiger charge is -2.27. The Bertz CT molecular complexity index is 1520. The number of hydrogen-bond acceptors (Lipinski definition) is 9. The molecular formula is C28H33Cl2N7O6. The number of nitrogens with one attached hydrogen (secondary N) is 2. The molecular weight excluding hydrogens is 601 g/mol. The average Bonchev–Trinajstić information content (AvgIpc) is 3.49. The number of aryl methyl sites for hydroxylation is 1. The Hall–Kier alpha value is -4.07. The first-order valence-electron chi connectivity index (χ1n) is 13.5. The van der Waals surface area contributed by atoms with Crippen molar-refractivity contribution in [1.82, 2.24) is 14.5 Å². The first-order chi connectivity index (χ1) is 20.2. The van der Waals surface area contributed by atoms with Crippen molar-refractivity contribution in [3.63, 3.8) is 0 Å². The third-order valence-electron chi connectivity index (χ3n) is 6.57. The molecule has 2 aromatic heterocycles. The molecule has 1 aromatic carbocycles. The van der Waals surface area contributed by atoms with Crippen LogP contribution in [0.25, 0.3) is 11.1 Å². The van der Waals surface area contributed by atoms with Gasteiger partial charge in [-0.25, -0.2) is 9.78 Å². The van der Waals surface area contributed by atoms with Gasteiger partial charge in [0.2, 0.25) is 11.7 Å². The van der Waals surface area contributed by atoms with Gasteiger partial charge in [-0.05, 0) is 45.4 Å². The summed E-state index contributed by atoms with van der Waals surface area (Å²) < 4.78 is 7.33. The number of nitrogens with zero attached hydrogens (tertiary/aromatic N) is 4. The van der Waals surface area contributed by atoms with E-state index in [0.29, 0.717) is 52.2 Å². The fraction of sp³-hybridized carbons (Fsp3) is 0.393. The Balaban J connectivity index is 1.50. The van der Waals surface area contributed by atoms with Crippen LogP contribution in [0, 0.1) is 10.1 Å². The van der Waals surface area contributed by atoms with Gasteiger partial charge in [0.25, 0.3) is 0 Å². The molecule has 1 aliphatic heterocycles. The van der Waals surface area contributed by atoms with Crippen LogP contribution in [-0.2, 0) is 16.1 Å². The number of pyridine rings is 1. The predicted octanol–water partition coefficient (Wildman–Crippen LogP) is 5.16. The highest BCUT2D eigenvalue weighted by Crippen LogP contribution is 2.36. The maximum atomic E-state index is 13.5. The smallest absolute Gasteiger partial charge is 0.411 e. The van der Waals surface area contributed by atoms with E-state index >= 15 is 0 Å². The van der Waals surface area contributed by atoms with Crippen molar-refractivity contribution in [1.29, 1.82) is 0 Å². The van der Waals surface area contributed by atoms with Gasteiger partial charge >= 0.3 is 11.8 Å². The molecule has 0 bridgehead atoms. The molecule has 4 rings (SSSR count). The summed E-state index contributed by atoms with van der Waals surface area (Å²) in [6.45, 7) is 6.16. The van der Waals surface area contributed by atoms with Crippen molar-refractivity contribution in [2.24, 2.45) is 0 Å². The number of aromatic nitrogens is 2. The van der Waals surface area contributed by atoms with E-state index in [1.54, 1.807) is 45.2 Å². The number of aliphatic hydroxyl groups excluding tert-OH is 1. The summed E-state index contributed by atoms with van der Waals surface area (Å²) in [5, 5.41) is 28.1. The van der Waals surface area contributed by atoms with Crippen LogP contribution in [-0.4, -0.2) is 67.3 Å². The lowest BCUT2D eigenvalue weighted by atomic mass is 10.1. The van der Waals surface area contributed by atoms with Gasteiger partial charge in [-0.3, -0.25) is 19.8 Å². The van der Waals surface area contributed by atoms with Gasteiger partial charge < -0.3 is 30.8 Å². The SMILES string of the molecule is CC(C)(C)OC(=O)N1CC(O)CC1C(=O)Nc1cn(CCCNc2ccc([N+](=O)[O-])c(N)n2)cc1-c1ccc(Cl)cc1Cl. The second-order valence-electron chi connectivity index (χ2n) is 11.1. The molecule has 13 nitrogen and oxygen atoms in total. The monoisotopic (exact) mass is 633 g/mol. The fourth-order valence-electron chi connectivity index (χ4n) is 4.66. The summed E-state index contributed by atoms with van der Waals surface area (Å²) >= 11 is 12.6. The second kappa shape index (κ2) is 13.1. The highest BCUT2D eigenvalue weighted by atomic mass is 35.5. The van der Waals surface area contributed by atoms with Crippen molar-refractivity contribution >= 4 is 58.2 Å². The van der Waals surface area contributed by atoms with Gasteiger partial charge in [0.05, 0.1) is 28.3 Å². The lowest BCUT2D eigenvalue weighted by Crippen LogP contribution is -2.45. The Morgan fingerprint density at radius 1 is 1.21 bits per heavy atom. The van der Waals surface area contributed by atoms with E-state index in [-0.39, 0.29) is 24.5 Å². The Morgan fingerprint density at radius 2 is 1.95 bits per heavy atom. The largest absolute Gasteiger partial charge is 0.444 e. The molecule has 0 radical (unpaired) electrons. The zero-order chi connectivity index (χ0) is 31.5. The van der Waals surface area contributed by atoms with Crippen LogP contribution in [0.5, 0.6) is 0 Å². The third kappa shape index (κ3) is 8.06. The molecule has 2 amide bonds. The Kier molecular flexibility index (Phi) is 9.68. The minimum atomic E-state index is -0.937. The summed E-state index contributed by atoms with van der Waals surface area (Å²) in [5.41, 5.74) is 6.37. The molecule has 1 fully saturated rings. The number of amides is 2. The topological polar surface area (TPSA) is 178 Å². The standard InChI is InChI=1S/C28H33Cl2N7O6/c1-28(2,3)43-27(40)36-13-17(38)12-23(36)26(39)33-21-15-35(14-19(21)18-6-5-16(29)11-20(18)30)10-4-9-32-24-8-7-22(37(41)42)25(31)34-24/h5-8,11,14-15,17,23,38H,4,9-10,12-13H2,1-3H3,(H,33,39)(H3,31,32,34). The number of anilines is 3.